The number of hydrogen-bond donors (Lipinski definition) is 1. The lowest BCUT2D eigenvalue weighted by Gasteiger charge is -2.33. The predicted octanol–water partition coefficient (Wildman–Crippen LogP) is 2.00. The fourth-order valence-electron chi connectivity index (χ4n) is 2.88. The van der Waals surface area contributed by atoms with Gasteiger partial charge < -0.3 is 10.6 Å². The van der Waals surface area contributed by atoms with Crippen molar-refractivity contribution in [2.75, 3.05) is 25.4 Å². The maximum atomic E-state index is 6.08. The van der Waals surface area contributed by atoms with Gasteiger partial charge in [0.1, 0.15) is 0 Å². The highest BCUT2D eigenvalue weighted by Crippen LogP contribution is 2.37. The number of hydrogen-bond acceptors (Lipinski definition) is 2. The third-order valence-electron chi connectivity index (χ3n) is 3.83. The molecule has 1 saturated heterocycles. The highest BCUT2D eigenvalue weighted by molar-refractivity contribution is 5.55. The SMILES string of the molecule is Nc1cccc2c1C(CN1CCC1)CC2. The number of nitrogens with two attached hydrogens (primary N) is 1. The van der Waals surface area contributed by atoms with Gasteiger partial charge in [-0.05, 0) is 55.5 Å². The molecule has 15 heavy (non-hydrogen) atoms. The Balaban J connectivity index is 1.83. The second-order valence-corrected chi connectivity index (χ2v) is 4.81. The minimum Gasteiger partial charge on any atom is -0.398 e. The topological polar surface area (TPSA) is 29.3 Å². The Morgan fingerprint density at radius 2 is 2.20 bits per heavy atom. The molecule has 0 bridgehead atoms. The summed E-state index contributed by atoms with van der Waals surface area (Å²) in [6.07, 6.45) is 3.89. The third-order valence-corrected chi connectivity index (χ3v) is 3.83. The van der Waals surface area contributed by atoms with Crippen LogP contribution in [0.5, 0.6) is 0 Å². The third kappa shape index (κ3) is 1.53. The first-order valence-corrected chi connectivity index (χ1v) is 5.94. The molecule has 2 heteroatoms. The number of anilines is 1. The molecular weight excluding hydrogens is 184 g/mol. The summed E-state index contributed by atoms with van der Waals surface area (Å²) in [6, 6.07) is 6.37. The number of aryl methyl sites for hydroxylation is 1. The molecule has 1 aliphatic heterocycles. The fourth-order valence-corrected chi connectivity index (χ4v) is 2.88. The molecule has 0 spiro atoms. The second-order valence-electron chi connectivity index (χ2n) is 4.81. The molecule has 1 heterocycles. The number of likely N-dealkylation sites (tertiary alicyclic amines) is 1. The number of fused-ring (bicyclic) bond motifs is 1. The van der Waals surface area contributed by atoms with Crippen LogP contribution in [0.15, 0.2) is 18.2 Å². The van der Waals surface area contributed by atoms with Gasteiger partial charge in [-0.2, -0.15) is 0 Å². The van der Waals surface area contributed by atoms with Gasteiger partial charge in [-0.15, -0.1) is 0 Å². The molecular formula is C13H18N2. The van der Waals surface area contributed by atoms with Crippen molar-refractivity contribution in [3.05, 3.63) is 29.3 Å². The van der Waals surface area contributed by atoms with Crippen molar-refractivity contribution in [2.24, 2.45) is 0 Å². The molecule has 1 aromatic carbocycles. The van der Waals surface area contributed by atoms with Crippen LogP contribution in [0.4, 0.5) is 5.69 Å². The van der Waals surface area contributed by atoms with Crippen molar-refractivity contribution in [3.63, 3.8) is 0 Å². The first-order valence-electron chi connectivity index (χ1n) is 5.94. The summed E-state index contributed by atoms with van der Waals surface area (Å²) >= 11 is 0. The number of rotatable bonds is 2. The lowest BCUT2D eigenvalue weighted by molar-refractivity contribution is 0.169. The van der Waals surface area contributed by atoms with Crippen molar-refractivity contribution < 1.29 is 0 Å². The van der Waals surface area contributed by atoms with Gasteiger partial charge >= 0.3 is 0 Å². The molecule has 0 amide bonds. The van der Waals surface area contributed by atoms with Gasteiger partial charge in [0.15, 0.2) is 0 Å². The number of benzene rings is 1. The Kier molecular flexibility index (Phi) is 2.17. The van der Waals surface area contributed by atoms with Crippen LogP contribution in [0, 0.1) is 0 Å². The van der Waals surface area contributed by atoms with E-state index >= 15 is 0 Å². The van der Waals surface area contributed by atoms with Gasteiger partial charge in [0.25, 0.3) is 0 Å². The summed E-state index contributed by atoms with van der Waals surface area (Å²) in [5.41, 5.74) is 10.0. The summed E-state index contributed by atoms with van der Waals surface area (Å²) in [5.74, 6) is 0.696. The van der Waals surface area contributed by atoms with E-state index in [1.165, 1.54) is 50.0 Å². The summed E-state index contributed by atoms with van der Waals surface area (Å²) in [4.78, 5) is 2.55. The molecule has 1 atom stereocenters. The van der Waals surface area contributed by atoms with Crippen molar-refractivity contribution in [3.8, 4) is 0 Å². The molecule has 2 aliphatic rings. The van der Waals surface area contributed by atoms with Gasteiger partial charge in [0.05, 0.1) is 0 Å². The molecule has 1 aliphatic carbocycles. The van der Waals surface area contributed by atoms with Crippen molar-refractivity contribution in [1.82, 2.24) is 4.90 Å². The molecule has 1 unspecified atom stereocenters. The fraction of sp³-hybridized carbons (Fsp3) is 0.538. The normalized spacial score (nSPS) is 24.9. The highest BCUT2D eigenvalue weighted by atomic mass is 15.2. The average molecular weight is 202 g/mol. The molecule has 2 N–H and O–H groups in total. The average Bonchev–Trinajstić information content (AvgIpc) is 2.56. The monoisotopic (exact) mass is 202 g/mol. The minimum absolute atomic E-state index is 0.696. The van der Waals surface area contributed by atoms with Crippen LogP contribution in [-0.2, 0) is 6.42 Å². The minimum atomic E-state index is 0.696. The van der Waals surface area contributed by atoms with Crippen LogP contribution in [0.25, 0.3) is 0 Å². The molecule has 80 valence electrons. The van der Waals surface area contributed by atoms with Gasteiger partial charge in [0.2, 0.25) is 0 Å². The summed E-state index contributed by atoms with van der Waals surface area (Å²) < 4.78 is 0. The zero-order chi connectivity index (χ0) is 10.3. The second kappa shape index (κ2) is 3.53. The van der Waals surface area contributed by atoms with Crippen LogP contribution >= 0.6 is 0 Å². The Bertz CT molecular complexity index is 369. The van der Waals surface area contributed by atoms with Crippen molar-refractivity contribution in [2.45, 2.75) is 25.2 Å². The summed E-state index contributed by atoms with van der Waals surface area (Å²) in [7, 11) is 0. The maximum Gasteiger partial charge on any atom is 0.0352 e. The van der Waals surface area contributed by atoms with E-state index in [1.54, 1.807) is 0 Å². The van der Waals surface area contributed by atoms with E-state index in [9.17, 15) is 0 Å². The zero-order valence-electron chi connectivity index (χ0n) is 9.08. The van der Waals surface area contributed by atoms with Gasteiger partial charge in [-0.3, -0.25) is 0 Å². The summed E-state index contributed by atoms with van der Waals surface area (Å²) in [5, 5.41) is 0. The largest absolute Gasteiger partial charge is 0.398 e. The lowest BCUT2D eigenvalue weighted by atomic mass is 9.97. The smallest absolute Gasteiger partial charge is 0.0352 e. The quantitative estimate of drug-likeness (QED) is 0.743. The van der Waals surface area contributed by atoms with Crippen LogP contribution in [0.3, 0.4) is 0 Å². The van der Waals surface area contributed by atoms with E-state index in [1.807, 2.05) is 6.07 Å². The van der Waals surface area contributed by atoms with Crippen LogP contribution in [0.2, 0.25) is 0 Å². The van der Waals surface area contributed by atoms with E-state index < -0.39 is 0 Å². The molecule has 2 nitrogen and oxygen atoms in total. The summed E-state index contributed by atoms with van der Waals surface area (Å²) in [6.45, 7) is 3.80. The van der Waals surface area contributed by atoms with E-state index in [2.05, 4.69) is 17.0 Å². The highest BCUT2D eigenvalue weighted by Gasteiger charge is 2.27. The Labute approximate surface area is 91.1 Å². The van der Waals surface area contributed by atoms with Gasteiger partial charge in [0, 0.05) is 12.2 Å². The van der Waals surface area contributed by atoms with E-state index in [0.717, 1.165) is 5.69 Å². The van der Waals surface area contributed by atoms with Crippen molar-refractivity contribution >= 4 is 5.69 Å². The number of nitrogens with zero attached hydrogens (tertiary/aromatic N) is 1. The Morgan fingerprint density at radius 1 is 1.33 bits per heavy atom. The zero-order valence-corrected chi connectivity index (χ0v) is 9.08. The molecule has 0 radical (unpaired) electrons. The van der Waals surface area contributed by atoms with Gasteiger partial charge in [-0.1, -0.05) is 12.1 Å². The molecule has 3 rings (SSSR count). The first kappa shape index (κ1) is 9.22. The molecule has 0 aromatic heterocycles. The maximum absolute atomic E-state index is 6.08. The lowest BCUT2D eigenvalue weighted by Crippen LogP contribution is -2.39. The Hall–Kier alpha value is -1.02. The van der Waals surface area contributed by atoms with E-state index in [4.69, 9.17) is 5.73 Å². The van der Waals surface area contributed by atoms with Crippen molar-refractivity contribution in [1.29, 1.82) is 0 Å². The van der Waals surface area contributed by atoms with Crippen LogP contribution in [0.1, 0.15) is 29.9 Å². The van der Waals surface area contributed by atoms with Crippen LogP contribution in [-0.4, -0.2) is 24.5 Å². The standard InChI is InChI=1S/C13H18N2/c14-12-4-1-3-10-5-6-11(13(10)12)9-15-7-2-8-15/h1,3-4,11H,2,5-9,14H2. The van der Waals surface area contributed by atoms with Crippen LogP contribution < -0.4 is 5.73 Å². The van der Waals surface area contributed by atoms with E-state index in [-0.39, 0.29) is 0 Å². The molecule has 0 saturated carbocycles. The molecule has 1 fully saturated rings. The molecule has 1 aromatic rings. The van der Waals surface area contributed by atoms with E-state index in [0.29, 0.717) is 5.92 Å². The Morgan fingerprint density at radius 3 is 2.93 bits per heavy atom. The first-order chi connectivity index (χ1) is 7.34. The van der Waals surface area contributed by atoms with Gasteiger partial charge in [-0.25, -0.2) is 0 Å². The number of nitrogen functional groups attached to an aromatic ring is 1. The predicted molar refractivity (Wildman–Crippen MR) is 63.0 cm³/mol.